The van der Waals surface area contributed by atoms with Crippen LogP contribution in [0.1, 0.15) is 36.2 Å². The molecule has 0 heterocycles. The van der Waals surface area contributed by atoms with E-state index >= 15 is 0 Å². The molecular formula is C19H20ClIN2O4. The van der Waals surface area contributed by atoms with Gasteiger partial charge in [-0.3, -0.25) is 4.79 Å². The summed E-state index contributed by atoms with van der Waals surface area (Å²) in [6.45, 7) is 3.96. The Morgan fingerprint density at radius 1 is 1.41 bits per heavy atom. The fourth-order valence-corrected chi connectivity index (χ4v) is 2.70. The second kappa shape index (κ2) is 9.80. The lowest BCUT2D eigenvalue weighted by molar-refractivity contribution is 0.0954. The molecule has 0 spiro atoms. The topological polar surface area (TPSA) is 80.2 Å². The summed E-state index contributed by atoms with van der Waals surface area (Å²) >= 11 is 8.28. The van der Waals surface area contributed by atoms with Crippen molar-refractivity contribution in [1.29, 1.82) is 0 Å². The highest BCUT2D eigenvalue weighted by molar-refractivity contribution is 14.1. The maximum absolute atomic E-state index is 12.1. The fraction of sp³-hybridized carbons (Fsp3) is 0.263. The van der Waals surface area contributed by atoms with Crippen LogP contribution in [0.2, 0.25) is 5.02 Å². The molecule has 2 aromatic rings. The molecule has 2 N–H and O–H groups in total. The smallest absolute Gasteiger partial charge is 0.271 e. The predicted octanol–water partition coefficient (Wildman–Crippen LogP) is 4.60. The number of phenolic OH excluding ortho intramolecular Hbond substituents is 1. The van der Waals surface area contributed by atoms with Crippen molar-refractivity contribution in [2.24, 2.45) is 5.10 Å². The summed E-state index contributed by atoms with van der Waals surface area (Å²) in [5.74, 6) is 0.565. The zero-order valence-corrected chi connectivity index (χ0v) is 18.0. The molecule has 1 atom stereocenters. The van der Waals surface area contributed by atoms with Crippen LogP contribution in [0.15, 0.2) is 35.4 Å². The number of halogens is 2. The van der Waals surface area contributed by atoms with E-state index in [4.69, 9.17) is 21.1 Å². The van der Waals surface area contributed by atoms with Crippen LogP contribution in [0.25, 0.3) is 0 Å². The number of nitrogens with one attached hydrogen (secondary N) is 1. The molecule has 1 amide bonds. The molecule has 8 heteroatoms. The molecule has 144 valence electrons. The minimum Gasteiger partial charge on any atom is -0.507 e. The number of phenols is 1. The van der Waals surface area contributed by atoms with Gasteiger partial charge in [0.2, 0.25) is 0 Å². The van der Waals surface area contributed by atoms with E-state index in [0.717, 1.165) is 6.42 Å². The van der Waals surface area contributed by atoms with Gasteiger partial charge in [0.1, 0.15) is 5.75 Å². The monoisotopic (exact) mass is 502 g/mol. The van der Waals surface area contributed by atoms with Gasteiger partial charge in [-0.2, -0.15) is 5.10 Å². The van der Waals surface area contributed by atoms with Crippen LogP contribution in [-0.4, -0.2) is 30.4 Å². The SMILES string of the molecule is CC[C@@H](C)Oc1c(Cl)cc(/C=N\NC(=O)c2ccc(I)c(O)c2)cc1OC. The zero-order chi connectivity index (χ0) is 20.0. The van der Waals surface area contributed by atoms with Gasteiger partial charge in [0.25, 0.3) is 5.91 Å². The van der Waals surface area contributed by atoms with Gasteiger partial charge in [0.15, 0.2) is 11.5 Å². The average molecular weight is 503 g/mol. The van der Waals surface area contributed by atoms with E-state index in [1.165, 1.54) is 19.4 Å². The Hall–Kier alpha value is -2.00. The minimum atomic E-state index is -0.437. The Morgan fingerprint density at radius 2 is 2.15 bits per heavy atom. The second-order valence-corrected chi connectivity index (χ2v) is 7.31. The van der Waals surface area contributed by atoms with Crippen LogP contribution in [0, 0.1) is 3.57 Å². The first-order chi connectivity index (χ1) is 12.8. The Balaban J connectivity index is 2.13. The number of methoxy groups -OCH3 is 1. The van der Waals surface area contributed by atoms with Gasteiger partial charge in [0.05, 0.1) is 28.0 Å². The number of carbonyl (C=O) groups excluding carboxylic acids is 1. The third kappa shape index (κ3) is 5.74. The molecule has 0 unspecified atom stereocenters. The van der Waals surface area contributed by atoms with E-state index in [0.29, 0.717) is 31.2 Å². The maximum atomic E-state index is 12.1. The third-order valence-corrected chi connectivity index (χ3v) is 4.93. The van der Waals surface area contributed by atoms with E-state index in [2.05, 4.69) is 10.5 Å². The molecule has 0 aromatic heterocycles. The Labute approximate surface area is 176 Å². The summed E-state index contributed by atoms with van der Waals surface area (Å²) in [5, 5.41) is 14.0. The van der Waals surface area contributed by atoms with Crippen LogP contribution in [0.3, 0.4) is 0 Å². The van der Waals surface area contributed by atoms with Gasteiger partial charge in [-0.15, -0.1) is 0 Å². The van der Waals surface area contributed by atoms with E-state index in [9.17, 15) is 9.90 Å². The standard InChI is InChI=1S/C19H20ClIN2O4/c1-4-11(2)27-18-14(20)7-12(8-17(18)26-3)10-22-23-19(25)13-5-6-15(21)16(24)9-13/h5-11,24H,4H2,1-3H3,(H,23,25)/b22-10-/t11-/m1/s1. The summed E-state index contributed by atoms with van der Waals surface area (Å²) in [4.78, 5) is 12.1. The molecule has 0 aliphatic carbocycles. The van der Waals surface area contributed by atoms with E-state index in [-0.39, 0.29) is 11.9 Å². The minimum absolute atomic E-state index is 0.000513. The number of aromatic hydroxyl groups is 1. The van der Waals surface area contributed by atoms with E-state index in [1.807, 2.05) is 36.4 Å². The first-order valence-corrected chi connectivity index (χ1v) is 9.67. The molecule has 0 bridgehead atoms. The highest BCUT2D eigenvalue weighted by atomic mass is 127. The number of nitrogens with zero attached hydrogens (tertiary/aromatic N) is 1. The largest absolute Gasteiger partial charge is 0.507 e. The molecule has 0 radical (unpaired) electrons. The first kappa shape index (κ1) is 21.3. The molecule has 27 heavy (non-hydrogen) atoms. The third-order valence-electron chi connectivity index (χ3n) is 3.73. The predicted molar refractivity (Wildman–Crippen MR) is 114 cm³/mol. The number of carbonyl (C=O) groups is 1. The summed E-state index contributed by atoms with van der Waals surface area (Å²) in [6.07, 6.45) is 2.29. The van der Waals surface area contributed by atoms with Crippen LogP contribution in [0.4, 0.5) is 0 Å². The van der Waals surface area contributed by atoms with Gasteiger partial charge in [-0.25, -0.2) is 5.43 Å². The number of rotatable bonds is 7. The summed E-state index contributed by atoms with van der Waals surface area (Å²) in [7, 11) is 1.53. The fourth-order valence-electron chi connectivity index (χ4n) is 2.10. The molecule has 2 aromatic carbocycles. The normalized spacial score (nSPS) is 12.0. The lowest BCUT2D eigenvalue weighted by atomic mass is 10.2. The van der Waals surface area contributed by atoms with Crippen molar-refractivity contribution in [3.63, 3.8) is 0 Å². The molecule has 0 fully saturated rings. The van der Waals surface area contributed by atoms with Crippen molar-refractivity contribution in [1.82, 2.24) is 5.43 Å². The Morgan fingerprint density at radius 3 is 2.78 bits per heavy atom. The number of benzene rings is 2. The first-order valence-electron chi connectivity index (χ1n) is 8.21. The van der Waals surface area contributed by atoms with Crippen molar-refractivity contribution < 1.29 is 19.4 Å². The van der Waals surface area contributed by atoms with Crippen molar-refractivity contribution in [2.75, 3.05) is 7.11 Å². The highest BCUT2D eigenvalue weighted by Gasteiger charge is 2.14. The van der Waals surface area contributed by atoms with Crippen LogP contribution in [0.5, 0.6) is 17.2 Å². The van der Waals surface area contributed by atoms with Crippen molar-refractivity contribution in [3.8, 4) is 17.2 Å². The number of hydrogen-bond donors (Lipinski definition) is 2. The molecule has 0 aliphatic heterocycles. The Bertz CT molecular complexity index is 858. The van der Waals surface area contributed by atoms with Crippen LogP contribution in [-0.2, 0) is 0 Å². The maximum Gasteiger partial charge on any atom is 0.271 e. The van der Waals surface area contributed by atoms with Crippen LogP contribution >= 0.6 is 34.2 Å². The van der Waals surface area contributed by atoms with Crippen molar-refractivity contribution >= 4 is 46.3 Å². The second-order valence-electron chi connectivity index (χ2n) is 5.74. The van der Waals surface area contributed by atoms with Gasteiger partial charge in [-0.1, -0.05) is 18.5 Å². The van der Waals surface area contributed by atoms with Crippen molar-refractivity contribution in [2.45, 2.75) is 26.4 Å². The van der Waals surface area contributed by atoms with Gasteiger partial charge >= 0.3 is 0 Å². The molecule has 0 aliphatic rings. The van der Waals surface area contributed by atoms with Crippen LogP contribution < -0.4 is 14.9 Å². The van der Waals surface area contributed by atoms with E-state index < -0.39 is 5.91 Å². The average Bonchev–Trinajstić information content (AvgIpc) is 2.65. The molecular weight excluding hydrogens is 483 g/mol. The van der Waals surface area contributed by atoms with E-state index in [1.54, 1.807) is 24.3 Å². The van der Waals surface area contributed by atoms with Gasteiger partial charge < -0.3 is 14.6 Å². The molecule has 6 nitrogen and oxygen atoms in total. The zero-order valence-electron chi connectivity index (χ0n) is 15.1. The number of hydrogen-bond acceptors (Lipinski definition) is 5. The number of amides is 1. The Kier molecular flexibility index (Phi) is 7.73. The molecule has 2 rings (SSSR count). The summed E-state index contributed by atoms with van der Waals surface area (Å²) in [5.41, 5.74) is 3.35. The number of hydrazone groups is 1. The lowest BCUT2D eigenvalue weighted by Crippen LogP contribution is -2.17. The summed E-state index contributed by atoms with van der Waals surface area (Å²) in [6, 6.07) is 8.03. The molecule has 0 saturated carbocycles. The van der Waals surface area contributed by atoms with Crippen molar-refractivity contribution in [3.05, 3.63) is 50.1 Å². The highest BCUT2D eigenvalue weighted by Crippen LogP contribution is 2.37. The summed E-state index contributed by atoms with van der Waals surface area (Å²) < 4.78 is 11.8. The lowest BCUT2D eigenvalue weighted by Gasteiger charge is -2.17. The van der Waals surface area contributed by atoms with Gasteiger partial charge in [-0.05, 0) is 71.8 Å². The number of ether oxygens (including phenoxy) is 2. The van der Waals surface area contributed by atoms with Gasteiger partial charge in [0, 0.05) is 5.56 Å². The molecule has 0 saturated heterocycles. The quantitative estimate of drug-likeness (QED) is 0.329.